The minimum atomic E-state index is -0.391. The number of morpholine rings is 1. The smallest absolute Gasteiger partial charge is 0.230 e. The van der Waals surface area contributed by atoms with E-state index in [1.54, 1.807) is 0 Å². The Labute approximate surface area is 185 Å². The summed E-state index contributed by atoms with van der Waals surface area (Å²) in [6.07, 6.45) is 4.06. The van der Waals surface area contributed by atoms with Gasteiger partial charge in [-0.1, -0.05) is 54.8 Å². The standard InChI is InChI=1S/C26H34N2O3/c1-21-6-4-8-23(18-21)26(10-2-3-11-26)25(29)27-20-22-7-5-9-24(19-22)31-17-14-28-12-15-30-16-13-28/h4-9,18-19H,2-3,10-17,20H2,1H3,(H,27,29). The van der Waals surface area contributed by atoms with Crippen molar-refractivity contribution in [2.45, 2.75) is 44.6 Å². The van der Waals surface area contributed by atoms with E-state index in [1.165, 1.54) is 5.56 Å². The van der Waals surface area contributed by atoms with Crippen LogP contribution < -0.4 is 10.1 Å². The van der Waals surface area contributed by atoms with Crippen molar-refractivity contribution in [2.24, 2.45) is 0 Å². The molecule has 1 saturated carbocycles. The minimum Gasteiger partial charge on any atom is -0.492 e. The highest BCUT2D eigenvalue weighted by atomic mass is 16.5. The Kier molecular flexibility index (Phi) is 7.25. The lowest BCUT2D eigenvalue weighted by molar-refractivity contribution is -0.126. The number of aryl methyl sites for hydroxylation is 1. The third-order valence-electron chi connectivity index (χ3n) is 6.59. The maximum atomic E-state index is 13.3. The molecule has 0 bridgehead atoms. The number of carbonyl (C=O) groups is 1. The molecule has 2 aromatic carbocycles. The Hall–Kier alpha value is -2.37. The van der Waals surface area contributed by atoms with Gasteiger partial charge in [-0.25, -0.2) is 0 Å². The molecule has 1 saturated heterocycles. The van der Waals surface area contributed by atoms with Crippen molar-refractivity contribution >= 4 is 5.91 Å². The summed E-state index contributed by atoms with van der Waals surface area (Å²) in [6, 6.07) is 16.5. The van der Waals surface area contributed by atoms with E-state index in [-0.39, 0.29) is 5.91 Å². The molecule has 166 valence electrons. The highest BCUT2D eigenvalue weighted by molar-refractivity contribution is 5.88. The summed E-state index contributed by atoms with van der Waals surface area (Å²) in [5, 5.41) is 3.22. The maximum Gasteiger partial charge on any atom is 0.230 e. The van der Waals surface area contributed by atoms with E-state index in [0.717, 1.165) is 75.4 Å². The van der Waals surface area contributed by atoms with Crippen LogP contribution in [0.25, 0.3) is 0 Å². The molecule has 1 amide bonds. The van der Waals surface area contributed by atoms with Crippen LogP contribution in [-0.2, 0) is 21.5 Å². The van der Waals surface area contributed by atoms with Gasteiger partial charge in [-0.05, 0) is 43.0 Å². The van der Waals surface area contributed by atoms with Crippen molar-refractivity contribution in [3.8, 4) is 5.75 Å². The molecule has 0 unspecified atom stereocenters. The average Bonchev–Trinajstić information content (AvgIpc) is 3.30. The molecular formula is C26H34N2O3. The lowest BCUT2D eigenvalue weighted by Gasteiger charge is -2.29. The predicted molar refractivity (Wildman–Crippen MR) is 122 cm³/mol. The molecule has 1 N–H and O–H groups in total. The minimum absolute atomic E-state index is 0.147. The molecule has 0 atom stereocenters. The van der Waals surface area contributed by atoms with E-state index in [2.05, 4.69) is 41.4 Å². The maximum absolute atomic E-state index is 13.3. The number of hydrogen-bond donors (Lipinski definition) is 1. The Bertz CT molecular complexity index is 870. The third kappa shape index (κ3) is 5.46. The SMILES string of the molecule is Cc1cccc(C2(C(=O)NCc3cccc(OCCN4CCOCC4)c3)CCCC2)c1. The Balaban J connectivity index is 1.33. The van der Waals surface area contributed by atoms with Gasteiger partial charge in [-0.3, -0.25) is 9.69 Å². The van der Waals surface area contributed by atoms with Crippen LogP contribution in [0.4, 0.5) is 0 Å². The fraction of sp³-hybridized carbons (Fsp3) is 0.500. The summed E-state index contributed by atoms with van der Waals surface area (Å²) in [5.41, 5.74) is 3.04. The number of benzene rings is 2. The van der Waals surface area contributed by atoms with Gasteiger partial charge in [0, 0.05) is 26.2 Å². The molecule has 2 aliphatic rings. The molecule has 31 heavy (non-hydrogen) atoms. The van der Waals surface area contributed by atoms with Crippen molar-refractivity contribution in [1.82, 2.24) is 10.2 Å². The number of amides is 1. The van der Waals surface area contributed by atoms with Gasteiger partial charge in [-0.15, -0.1) is 0 Å². The van der Waals surface area contributed by atoms with Crippen LogP contribution in [0.5, 0.6) is 5.75 Å². The Morgan fingerprint density at radius 2 is 1.87 bits per heavy atom. The van der Waals surface area contributed by atoms with Crippen molar-refractivity contribution in [3.63, 3.8) is 0 Å². The van der Waals surface area contributed by atoms with Gasteiger partial charge in [0.25, 0.3) is 0 Å². The molecule has 0 radical (unpaired) electrons. The van der Waals surface area contributed by atoms with Gasteiger partial charge >= 0.3 is 0 Å². The molecule has 1 aliphatic heterocycles. The monoisotopic (exact) mass is 422 g/mol. The fourth-order valence-electron chi connectivity index (χ4n) is 4.78. The second-order valence-corrected chi connectivity index (χ2v) is 8.79. The molecule has 0 spiro atoms. The van der Waals surface area contributed by atoms with Crippen LogP contribution in [0.2, 0.25) is 0 Å². The second-order valence-electron chi connectivity index (χ2n) is 8.79. The molecule has 1 aliphatic carbocycles. The summed E-state index contributed by atoms with van der Waals surface area (Å²) in [6.45, 7) is 7.73. The van der Waals surface area contributed by atoms with Crippen molar-refractivity contribution < 1.29 is 14.3 Å². The zero-order valence-corrected chi connectivity index (χ0v) is 18.6. The van der Waals surface area contributed by atoms with Gasteiger partial charge in [-0.2, -0.15) is 0 Å². The van der Waals surface area contributed by atoms with Crippen LogP contribution in [0.1, 0.15) is 42.4 Å². The number of carbonyl (C=O) groups excluding carboxylic acids is 1. The first-order valence-corrected chi connectivity index (χ1v) is 11.5. The van der Waals surface area contributed by atoms with Crippen molar-refractivity contribution in [2.75, 3.05) is 39.5 Å². The average molecular weight is 423 g/mol. The summed E-state index contributed by atoms with van der Waals surface area (Å²) < 4.78 is 11.4. The number of nitrogens with zero attached hydrogens (tertiary/aromatic N) is 1. The quantitative estimate of drug-likeness (QED) is 0.702. The summed E-state index contributed by atoms with van der Waals surface area (Å²) in [4.78, 5) is 15.7. The number of nitrogens with one attached hydrogen (secondary N) is 1. The van der Waals surface area contributed by atoms with Gasteiger partial charge in [0.15, 0.2) is 0 Å². The summed E-state index contributed by atoms with van der Waals surface area (Å²) in [7, 11) is 0. The van der Waals surface area contributed by atoms with Gasteiger partial charge in [0.1, 0.15) is 12.4 Å². The van der Waals surface area contributed by atoms with Crippen LogP contribution in [0.15, 0.2) is 48.5 Å². The predicted octanol–water partition coefficient (Wildman–Crippen LogP) is 3.83. The third-order valence-corrected chi connectivity index (χ3v) is 6.59. The molecule has 4 rings (SSSR count). The topological polar surface area (TPSA) is 50.8 Å². The highest BCUT2D eigenvalue weighted by Crippen LogP contribution is 2.41. The zero-order chi connectivity index (χ0) is 21.5. The lowest BCUT2D eigenvalue weighted by Crippen LogP contribution is -2.42. The van der Waals surface area contributed by atoms with Crippen LogP contribution >= 0.6 is 0 Å². The first kappa shape index (κ1) is 21.8. The summed E-state index contributed by atoms with van der Waals surface area (Å²) >= 11 is 0. The normalized spacial score (nSPS) is 18.6. The van der Waals surface area contributed by atoms with Gasteiger partial charge < -0.3 is 14.8 Å². The first-order valence-electron chi connectivity index (χ1n) is 11.5. The van der Waals surface area contributed by atoms with E-state index >= 15 is 0 Å². The van der Waals surface area contributed by atoms with E-state index in [4.69, 9.17) is 9.47 Å². The largest absolute Gasteiger partial charge is 0.492 e. The van der Waals surface area contributed by atoms with Gasteiger partial charge in [0.05, 0.1) is 18.6 Å². The number of rotatable bonds is 8. The lowest BCUT2D eigenvalue weighted by atomic mass is 9.77. The van der Waals surface area contributed by atoms with E-state index in [0.29, 0.717) is 13.2 Å². The molecule has 5 heteroatoms. The second kappa shape index (κ2) is 10.3. The van der Waals surface area contributed by atoms with Gasteiger partial charge in [0.2, 0.25) is 5.91 Å². The van der Waals surface area contributed by atoms with Crippen LogP contribution in [0.3, 0.4) is 0 Å². The van der Waals surface area contributed by atoms with E-state index < -0.39 is 5.41 Å². The zero-order valence-electron chi connectivity index (χ0n) is 18.6. The Morgan fingerprint density at radius 1 is 1.10 bits per heavy atom. The number of ether oxygens (including phenoxy) is 2. The van der Waals surface area contributed by atoms with Crippen LogP contribution in [0, 0.1) is 6.92 Å². The summed E-state index contributed by atoms with van der Waals surface area (Å²) in [5.74, 6) is 1.00. The first-order chi connectivity index (χ1) is 15.2. The van der Waals surface area contributed by atoms with E-state index in [1.807, 2.05) is 24.3 Å². The number of hydrogen-bond acceptors (Lipinski definition) is 4. The van der Waals surface area contributed by atoms with Crippen molar-refractivity contribution in [3.05, 3.63) is 65.2 Å². The fourth-order valence-corrected chi connectivity index (χ4v) is 4.78. The molecule has 2 aromatic rings. The molecule has 5 nitrogen and oxygen atoms in total. The molecule has 1 heterocycles. The van der Waals surface area contributed by atoms with Crippen LogP contribution in [-0.4, -0.2) is 50.3 Å². The highest BCUT2D eigenvalue weighted by Gasteiger charge is 2.42. The molecular weight excluding hydrogens is 388 g/mol. The molecule has 0 aromatic heterocycles. The van der Waals surface area contributed by atoms with Crippen molar-refractivity contribution in [1.29, 1.82) is 0 Å². The van der Waals surface area contributed by atoms with E-state index in [9.17, 15) is 4.79 Å². The Morgan fingerprint density at radius 3 is 2.65 bits per heavy atom. The molecule has 2 fully saturated rings.